The topological polar surface area (TPSA) is 73.6 Å². The van der Waals surface area contributed by atoms with Crippen LogP contribution in [0.15, 0.2) is 59.5 Å². The van der Waals surface area contributed by atoms with E-state index in [1.165, 1.54) is 19.6 Å². The van der Waals surface area contributed by atoms with Gasteiger partial charge in [-0.1, -0.05) is 11.6 Å². The molecule has 0 saturated heterocycles. The molecule has 0 saturated carbocycles. The lowest BCUT2D eigenvalue weighted by Crippen LogP contribution is -2.07. The Bertz CT molecular complexity index is 967. The van der Waals surface area contributed by atoms with E-state index >= 15 is 0 Å². The molecule has 2 aromatic carbocycles. The van der Waals surface area contributed by atoms with Gasteiger partial charge in [0.1, 0.15) is 0 Å². The maximum Gasteiger partial charge on any atom is 0.248 e. The van der Waals surface area contributed by atoms with Gasteiger partial charge in [-0.05, 0) is 55.0 Å². The van der Waals surface area contributed by atoms with Gasteiger partial charge in [0.15, 0.2) is 23.7 Å². The van der Waals surface area contributed by atoms with Crippen LogP contribution in [0.1, 0.15) is 12.5 Å². The normalized spacial score (nSPS) is 10.8. The fourth-order valence-corrected chi connectivity index (χ4v) is 2.87. The predicted molar refractivity (Wildman–Crippen MR) is 109 cm³/mol. The molecule has 0 radical (unpaired) electrons. The fourth-order valence-electron chi connectivity index (χ4n) is 2.58. The van der Waals surface area contributed by atoms with E-state index in [4.69, 9.17) is 25.5 Å². The van der Waals surface area contributed by atoms with Crippen LogP contribution in [0.5, 0.6) is 11.5 Å². The lowest BCUT2D eigenvalue weighted by Gasteiger charge is -2.11. The highest BCUT2D eigenvalue weighted by molar-refractivity contribution is 6.32. The quantitative estimate of drug-likeness (QED) is 0.563. The molecule has 144 valence electrons. The number of hydrogen-bond acceptors (Lipinski definition) is 5. The highest BCUT2D eigenvalue weighted by Crippen LogP contribution is 2.36. The van der Waals surface area contributed by atoms with Crippen LogP contribution in [0.3, 0.4) is 0 Å². The summed E-state index contributed by atoms with van der Waals surface area (Å²) in [7, 11) is 1.53. The molecule has 6 nitrogen and oxygen atoms in total. The molecular weight excluding hydrogens is 380 g/mol. The number of methoxy groups -OCH3 is 1. The fraction of sp³-hybridized carbons (Fsp3) is 0.143. The van der Waals surface area contributed by atoms with Crippen molar-refractivity contribution in [3.05, 3.63) is 65.7 Å². The third-order valence-corrected chi connectivity index (χ3v) is 4.11. The smallest absolute Gasteiger partial charge is 0.248 e. The third kappa shape index (κ3) is 4.72. The summed E-state index contributed by atoms with van der Waals surface area (Å²) in [6.45, 7) is 2.35. The highest BCUT2D eigenvalue weighted by atomic mass is 35.5. The summed E-state index contributed by atoms with van der Waals surface area (Å²) in [4.78, 5) is 16.1. The van der Waals surface area contributed by atoms with Gasteiger partial charge in [-0.2, -0.15) is 0 Å². The summed E-state index contributed by atoms with van der Waals surface area (Å²) in [5.74, 6) is 1.40. The number of nitrogens with one attached hydrogen (secondary N) is 1. The monoisotopic (exact) mass is 398 g/mol. The molecule has 0 atom stereocenters. The first kappa shape index (κ1) is 19.5. The van der Waals surface area contributed by atoms with Crippen molar-refractivity contribution in [1.82, 2.24) is 4.98 Å². The number of amides is 1. The molecule has 0 aliphatic carbocycles. The Kier molecular flexibility index (Phi) is 6.34. The van der Waals surface area contributed by atoms with Crippen molar-refractivity contribution in [2.24, 2.45) is 0 Å². The van der Waals surface area contributed by atoms with Gasteiger partial charge < -0.3 is 19.2 Å². The molecule has 0 spiro atoms. The molecule has 1 N–H and O–H groups in total. The molecule has 0 fully saturated rings. The van der Waals surface area contributed by atoms with Crippen LogP contribution in [0.4, 0.5) is 5.69 Å². The van der Waals surface area contributed by atoms with Gasteiger partial charge in [-0.3, -0.25) is 4.79 Å². The van der Waals surface area contributed by atoms with E-state index in [1.54, 1.807) is 36.5 Å². The second-order valence-electron chi connectivity index (χ2n) is 5.73. The lowest BCUT2D eigenvalue weighted by atomic mass is 10.1. The van der Waals surface area contributed by atoms with Gasteiger partial charge in [0.05, 0.1) is 24.9 Å². The van der Waals surface area contributed by atoms with Crippen LogP contribution in [0, 0.1) is 0 Å². The summed E-state index contributed by atoms with van der Waals surface area (Å²) in [6.07, 6.45) is 6.09. The van der Waals surface area contributed by atoms with E-state index in [0.29, 0.717) is 34.6 Å². The Morgan fingerprint density at radius 3 is 2.71 bits per heavy atom. The standard InChI is InChI=1S/C21H19ClN2O4/c1-3-27-18-11-14(10-17(22)21(18)26-2)4-9-20(25)24-16-7-5-15(6-8-16)19-12-23-13-28-19/h4-13H,3H2,1-2H3,(H,24,25)/b9-4+. The van der Waals surface area contributed by atoms with Crippen LogP contribution in [0.25, 0.3) is 17.4 Å². The number of hydrogen-bond donors (Lipinski definition) is 1. The minimum atomic E-state index is -0.266. The highest BCUT2D eigenvalue weighted by Gasteiger charge is 2.10. The maximum atomic E-state index is 12.2. The van der Waals surface area contributed by atoms with E-state index in [9.17, 15) is 4.79 Å². The van der Waals surface area contributed by atoms with Crippen LogP contribution < -0.4 is 14.8 Å². The molecule has 7 heteroatoms. The summed E-state index contributed by atoms with van der Waals surface area (Å²) in [5, 5.41) is 3.21. The number of carbonyl (C=O) groups excluding carboxylic acids is 1. The Morgan fingerprint density at radius 1 is 1.29 bits per heavy atom. The molecule has 1 aromatic heterocycles. The first-order valence-electron chi connectivity index (χ1n) is 8.59. The molecular formula is C21H19ClN2O4. The summed E-state index contributed by atoms with van der Waals surface area (Å²) >= 11 is 6.22. The third-order valence-electron chi connectivity index (χ3n) is 3.83. The average molecular weight is 399 g/mol. The van der Waals surface area contributed by atoms with Crippen molar-refractivity contribution < 1.29 is 18.7 Å². The molecule has 0 aliphatic rings. The number of anilines is 1. The first-order chi connectivity index (χ1) is 13.6. The molecule has 3 rings (SSSR count). The minimum absolute atomic E-state index is 0.266. The van der Waals surface area contributed by atoms with Crippen molar-refractivity contribution in [2.45, 2.75) is 6.92 Å². The van der Waals surface area contributed by atoms with Crippen molar-refractivity contribution in [1.29, 1.82) is 0 Å². The molecule has 0 aliphatic heterocycles. The van der Waals surface area contributed by atoms with Gasteiger partial charge in [0, 0.05) is 17.3 Å². The number of rotatable bonds is 7. The van der Waals surface area contributed by atoms with E-state index in [2.05, 4.69) is 10.3 Å². The van der Waals surface area contributed by atoms with Gasteiger partial charge in [-0.15, -0.1) is 0 Å². The van der Waals surface area contributed by atoms with Gasteiger partial charge in [0.25, 0.3) is 0 Å². The van der Waals surface area contributed by atoms with Crippen molar-refractivity contribution in [2.75, 3.05) is 19.0 Å². The summed E-state index contributed by atoms with van der Waals surface area (Å²) in [6, 6.07) is 10.8. The first-order valence-corrected chi connectivity index (χ1v) is 8.97. The zero-order valence-electron chi connectivity index (χ0n) is 15.4. The van der Waals surface area contributed by atoms with Gasteiger partial charge in [-0.25, -0.2) is 4.98 Å². The lowest BCUT2D eigenvalue weighted by molar-refractivity contribution is -0.111. The number of nitrogens with zero attached hydrogens (tertiary/aromatic N) is 1. The number of aromatic nitrogens is 1. The number of ether oxygens (including phenoxy) is 2. The average Bonchev–Trinajstić information content (AvgIpc) is 3.22. The molecule has 1 heterocycles. The molecule has 0 bridgehead atoms. The SMILES string of the molecule is CCOc1cc(/C=C/C(=O)Nc2ccc(-c3cnco3)cc2)cc(Cl)c1OC. The Morgan fingerprint density at radius 2 is 2.07 bits per heavy atom. The van der Waals surface area contributed by atoms with E-state index in [1.807, 2.05) is 19.1 Å². The van der Waals surface area contributed by atoms with Crippen LogP contribution >= 0.6 is 11.6 Å². The number of halogens is 1. The zero-order chi connectivity index (χ0) is 19.9. The Balaban J connectivity index is 1.68. The predicted octanol–water partition coefficient (Wildman–Crippen LogP) is 5.05. The number of carbonyl (C=O) groups is 1. The van der Waals surface area contributed by atoms with E-state index < -0.39 is 0 Å². The zero-order valence-corrected chi connectivity index (χ0v) is 16.2. The summed E-state index contributed by atoms with van der Waals surface area (Å²) < 4.78 is 16.0. The second-order valence-corrected chi connectivity index (χ2v) is 6.14. The Labute approximate surface area is 167 Å². The molecule has 3 aromatic rings. The second kappa shape index (κ2) is 9.10. The van der Waals surface area contributed by atoms with E-state index in [0.717, 1.165) is 11.1 Å². The van der Waals surface area contributed by atoms with Crippen molar-refractivity contribution >= 4 is 29.3 Å². The van der Waals surface area contributed by atoms with Gasteiger partial charge >= 0.3 is 0 Å². The van der Waals surface area contributed by atoms with Crippen LogP contribution in [0.2, 0.25) is 5.02 Å². The van der Waals surface area contributed by atoms with E-state index in [-0.39, 0.29) is 5.91 Å². The molecule has 0 unspecified atom stereocenters. The molecule has 28 heavy (non-hydrogen) atoms. The molecule has 1 amide bonds. The summed E-state index contributed by atoms with van der Waals surface area (Å²) in [5.41, 5.74) is 2.27. The van der Waals surface area contributed by atoms with Crippen LogP contribution in [-0.4, -0.2) is 24.6 Å². The Hall–Kier alpha value is -3.25. The van der Waals surface area contributed by atoms with Crippen molar-refractivity contribution in [3.63, 3.8) is 0 Å². The number of benzene rings is 2. The maximum absolute atomic E-state index is 12.2. The van der Waals surface area contributed by atoms with Gasteiger partial charge in [0.2, 0.25) is 5.91 Å². The van der Waals surface area contributed by atoms with Crippen LogP contribution in [-0.2, 0) is 4.79 Å². The minimum Gasteiger partial charge on any atom is -0.491 e. The van der Waals surface area contributed by atoms with Crippen molar-refractivity contribution in [3.8, 4) is 22.8 Å². The largest absolute Gasteiger partial charge is 0.491 e. The number of oxazole rings is 1.